The van der Waals surface area contributed by atoms with Crippen molar-refractivity contribution < 1.29 is 4.39 Å². The van der Waals surface area contributed by atoms with E-state index in [1.165, 1.54) is 23.7 Å². The number of hydrogen-bond donors (Lipinski definition) is 1. The van der Waals surface area contributed by atoms with Crippen LogP contribution in [0.15, 0.2) is 17.8 Å². The molecule has 0 aliphatic rings. The Kier molecular flexibility index (Phi) is 4.37. The lowest BCUT2D eigenvalue weighted by atomic mass is 10.2. The first kappa shape index (κ1) is 14.2. The van der Waals surface area contributed by atoms with E-state index in [4.69, 9.17) is 11.6 Å². The topological polar surface area (TPSA) is 37.8 Å². The molecule has 102 valence electrons. The maximum Gasteiger partial charge on any atom is 0.149 e. The maximum atomic E-state index is 13.3. The van der Waals surface area contributed by atoms with E-state index < -0.39 is 6.17 Å². The number of thiophene rings is 1. The van der Waals surface area contributed by atoms with Crippen molar-refractivity contribution in [3.8, 4) is 0 Å². The zero-order valence-corrected chi connectivity index (χ0v) is 12.5. The van der Waals surface area contributed by atoms with Gasteiger partial charge < -0.3 is 5.32 Å². The van der Waals surface area contributed by atoms with E-state index >= 15 is 0 Å². The molecule has 0 aromatic carbocycles. The zero-order chi connectivity index (χ0) is 14.0. The van der Waals surface area contributed by atoms with E-state index in [1.807, 2.05) is 13.8 Å². The highest BCUT2D eigenvalue weighted by Gasteiger charge is 2.16. The van der Waals surface area contributed by atoms with Crippen LogP contribution in [0.25, 0.3) is 0 Å². The van der Waals surface area contributed by atoms with Gasteiger partial charge in [-0.3, -0.25) is 0 Å². The second kappa shape index (κ2) is 5.84. The number of anilines is 1. The fourth-order valence-electron chi connectivity index (χ4n) is 1.72. The fraction of sp³-hybridized carbons (Fsp3) is 0.385. The second-order valence-electron chi connectivity index (χ2n) is 4.43. The molecule has 6 heteroatoms. The molecule has 2 heterocycles. The third-order valence-electron chi connectivity index (χ3n) is 2.72. The van der Waals surface area contributed by atoms with Crippen LogP contribution in [-0.2, 0) is 0 Å². The number of alkyl halides is 1. The van der Waals surface area contributed by atoms with Gasteiger partial charge in [-0.25, -0.2) is 14.4 Å². The van der Waals surface area contributed by atoms with Crippen LogP contribution >= 0.6 is 22.9 Å². The van der Waals surface area contributed by atoms with Crippen molar-refractivity contribution in [3.63, 3.8) is 0 Å². The van der Waals surface area contributed by atoms with E-state index in [9.17, 15) is 4.39 Å². The van der Waals surface area contributed by atoms with Gasteiger partial charge in [-0.05, 0) is 37.8 Å². The standard InChI is InChI=1S/C13H15ClFN3S/c1-7-4-10(19-5-7)9(3)18-13-11(14)12(8(2)15)16-6-17-13/h4-6,8-9H,1-3H3,(H,16,17,18). The first-order chi connectivity index (χ1) is 8.99. The van der Waals surface area contributed by atoms with Crippen molar-refractivity contribution in [2.45, 2.75) is 33.0 Å². The number of hydrogen-bond acceptors (Lipinski definition) is 4. The number of nitrogens with one attached hydrogen (secondary N) is 1. The molecule has 2 rings (SSSR count). The average molecular weight is 300 g/mol. The number of rotatable bonds is 4. The van der Waals surface area contributed by atoms with E-state index in [1.54, 1.807) is 11.3 Å². The minimum atomic E-state index is -1.21. The number of halogens is 2. The van der Waals surface area contributed by atoms with Crippen LogP contribution < -0.4 is 5.32 Å². The molecule has 0 saturated heterocycles. The molecule has 0 fully saturated rings. The van der Waals surface area contributed by atoms with Gasteiger partial charge in [-0.15, -0.1) is 11.3 Å². The Morgan fingerprint density at radius 2 is 2.11 bits per heavy atom. The third kappa shape index (κ3) is 3.22. The van der Waals surface area contributed by atoms with Crippen LogP contribution in [0.3, 0.4) is 0 Å². The molecular formula is C13H15ClFN3S. The molecule has 0 spiro atoms. The van der Waals surface area contributed by atoms with Crippen LogP contribution in [0.2, 0.25) is 5.02 Å². The highest BCUT2D eigenvalue weighted by Crippen LogP contribution is 2.31. The molecule has 2 aromatic rings. The Hall–Kier alpha value is -1.20. The summed E-state index contributed by atoms with van der Waals surface area (Å²) in [7, 11) is 0. The van der Waals surface area contributed by atoms with E-state index in [0.29, 0.717) is 5.82 Å². The quantitative estimate of drug-likeness (QED) is 0.889. The van der Waals surface area contributed by atoms with Crippen LogP contribution in [0.4, 0.5) is 10.2 Å². The summed E-state index contributed by atoms with van der Waals surface area (Å²) in [4.78, 5) is 9.13. The van der Waals surface area contributed by atoms with Gasteiger partial charge >= 0.3 is 0 Å². The highest BCUT2D eigenvalue weighted by atomic mass is 35.5. The molecule has 0 saturated carbocycles. The van der Waals surface area contributed by atoms with Gasteiger partial charge in [-0.1, -0.05) is 11.6 Å². The smallest absolute Gasteiger partial charge is 0.149 e. The molecule has 2 aromatic heterocycles. The second-order valence-corrected chi connectivity index (χ2v) is 5.75. The minimum Gasteiger partial charge on any atom is -0.361 e. The summed E-state index contributed by atoms with van der Waals surface area (Å²) in [6.45, 7) is 5.47. The lowest BCUT2D eigenvalue weighted by molar-refractivity contribution is 0.365. The summed E-state index contributed by atoms with van der Waals surface area (Å²) in [5.74, 6) is 0.467. The summed E-state index contributed by atoms with van der Waals surface area (Å²) in [6, 6.07) is 2.17. The Labute approximate surface area is 120 Å². The fourth-order valence-corrected chi connectivity index (χ4v) is 2.93. The van der Waals surface area contributed by atoms with Crippen LogP contribution in [-0.4, -0.2) is 9.97 Å². The van der Waals surface area contributed by atoms with Crippen molar-refractivity contribution in [3.05, 3.63) is 38.9 Å². The van der Waals surface area contributed by atoms with Gasteiger partial charge in [-0.2, -0.15) is 0 Å². The van der Waals surface area contributed by atoms with E-state index in [-0.39, 0.29) is 16.8 Å². The van der Waals surface area contributed by atoms with Crippen LogP contribution in [0, 0.1) is 6.92 Å². The lowest BCUT2D eigenvalue weighted by Crippen LogP contribution is -2.08. The Bertz CT molecular complexity index is 571. The molecule has 2 atom stereocenters. The summed E-state index contributed by atoms with van der Waals surface area (Å²) in [5.41, 5.74) is 1.44. The van der Waals surface area contributed by atoms with Gasteiger partial charge in [0.15, 0.2) is 0 Å². The van der Waals surface area contributed by atoms with E-state index in [0.717, 1.165) is 0 Å². The zero-order valence-electron chi connectivity index (χ0n) is 10.9. The molecule has 2 unspecified atom stereocenters. The first-order valence-corrected chi connectivity index (χ1v) is 7.21. The molecule has 19 heavy (non-hydrogen) atoms. The first-order valence-electron chi connectivity index (χ1n) is 5.95. The number of nitrogens with zero attached hydrogens (tertiary/aromatic N) is 2. The largest absolute Gasteiger partial charge is 0.361 e. The Balaban J connectivity index is 2.21. The predicted octanol–water partition coefficient (Wildman–Crippen LogP) is 4.70. The Morgan fingerprint density at radius 3 is 2.68 bits per heavy atom. The highest BCUT2D eigenvalue weighted by molar-refractivity contribution is 7.10. The molecule has 0 radical (unpaired) electrons. The number of aromatic nitrogens is 2. The lowest BCUT2D eigenvalue weighted by Gasteiger charge is -2.15. The summed E-state index contributed by atoms with van der Waals surface area (Å²) >= 11 is 7.79. The summed E-state index contributed by atoms with van der Waals surface area (Å²) in [6.07, 6.45) is 0.113. The van der Waals surface area contributed by atoms with Crippen molar-refractivity contribution in [2.75, 3.05) is 5.32 Å². The molecule has 0 bridgehead atoms. The van der Waals surface area contributed by atoms with Crippen molar-refractivity contribution in [1.29, 1.82) is 0 Å². The van der Waals surface area contributed by atoms with Gasteiger partial charge in [0.2, 0.25) is 0 Å². The van der Waals surface area contributed by atoms with Crippen molar-refractivity contribution >= 4 is 28.8 Å². The summed E-state index contributed by atoms with van der Waals surface area (Å²) in [5, 5.41) is 5.53. The van der Waals surface area contributed by atoms with Crippen molar-refractivity contribution in [2.24, 2.45) is 0 Å². The van der Waals surface area contributed by atoms with Gasteiger partial charge in [0, 0.05) is 4.88 Å². The SMILES string of the molecule is Cc1csc(C(C)Nc2ncnc(C(C)F)c2Cl)c1. The maximum absolute atomic E-state index is 13.3. The van der Waals surface area contributed by atoms with Crippen LogP contribution in [0.1, 0.15) is 42.2 Å². The third-order valence-corrected chi connectivity index (χ3v) is 4.33. The molecule has 1 N–H and O–H groups in total. The van der Waals surface area contributed by atoms with E-state index in [2.05, 4.69) is 26.7 Å². The van der Waals surface area contributed by atoms with Gasteiger partial charge in [0.05, 0.1) is 11.7 Å². The minimum absolute atomic E-state index is 0.0638. The molecule has 3 nitrogen and oxygen atoms in total. The molecule has 0 aliphatic heterocycles. The summed E-state index contributed by atoms with van der Waals surface area (Å²) < 4.78 is 13.3. The predicted molar refractivity (Wildman–Crippen MR) is 77.7 cm³/mol. The Morgan fingerprint density at radius 1 is 1.37 bits per heavy atom. The molecule has 0 aliphatic carbocycles. The van der Waals surface area contributed by atoms with Crippen molar-refractivity contribution in [1.82, 2.24) is 9.97 Å². The molecular weight excluding hydrogens is 285 g/mol. The monoisotopic (exact) mass is 299 g/mol. The normalized spacial score (nSPS) is 14.2. The molecule has 0 amide bonds. The van der Waals surface area contributed by atoms with Gasteiger partial charge in [0.25, 0.3) is 0 Å². The van der Waals surface area contributed by atoms with Crippen LogP contribution in [0.5, 0.6) is 0 Å². The van der Waals surface area contributed by atoms with Gasteiger partial charge in [0.1, 0.15) is 23.3 Å². The average Bonchev–Trinajstić information content (AvgIpc) is 2.78. The number of aryl methyl sites for hydroxylation is 1.